The average Bonchev–Trinajstić information content (AvgIpc) is 2.86. The number of carbonyl (C=O) groups excluding carboxylic acids is 1. The molecule has 0 bridgehead atoms. The van der Waals surface area contributed by atoms with Gasteiger partial charge in [0.1, 0.15) is 0 Å². The van der Waals surface area contributed by atoms with Crippen molar-refractivity contribution in [3.05, 3.63) is 50.9 Å². The van der Waals surface area contributed by atoms with E-state index >= 15 is 0 Å². The first-order valence-corrected chi connectivity index (χ1v) is 8.90. The predicted octanol–water partition coefficient (Wildman–Crippen LogP) is 4.62. The van der Waals surface area contributed by atoms with E-state index < -0.39 is 0 Å². The molecule has 1 atom stereocenters. The summed E-state index contributed by atoms with van der Waals surface area (Å²) in [4.78, 5) is 13.8. The summed E-state index contributed by atoms with van der Waals surface area (Å²) in [6, 6.07) is 11.6. The van der Waals surface area contributed by atoms with Crippen molar-refractivity contribution in [3.8, 4) is 0 Å². The molecule has 3 rings (SSSR count). The van der Waals surface area contributed by atoms with Gasteiger partial charge < -0.3 is 11.1 Å². The second-order valence-corrected chi connectivity index (χ2v) is 7.52. The lowest BCUT2D eigenvalue weighted by Gasteiger charge is -2.14. The van der Waals surface area contributed by atoms with Gasteiger partial charge in [0, 0.05) is 25.3 Å². The Bertz CT molecular complexity index is 698. The van der Waals surface area contributed by atoms with Crippen molar-refractivity contribution < 1.29 is 4.79 Å². The molecule has 1 unspecified atom stereocenters. The summed E-state index contributed by atoms with van der Waals surface area (Å²) in [6.07, 6.45) is 0. The Labute approximate surface area is 143 Å². The molecule has 0 spiro atoms. The summed E-state index contributed by atoms with van der Waals surface area (Å²) in [5.41, 5.74) is 8.21. The monoisotopic (exact) mass is 426 g/mol. The number of halogens is 2. The van der Waals surface area contributed by atoms with Crippen LogP contribution in [0.15, 0.2) is 50.2 Å². The lowest BCUT2D eigenvalue weighted by atomic mass is 10.0. The van der Waals surface area contributed by atoms with Crippen molar-refractivity contribution >= 4 is 60.9 Å². The molecule has 1 aliphatic heterocycles. The van der Waals surface area contributed by atoms with Gasteiger partial charge in [-0.25, -0.2) is 0 Å². The van der Waals surface area contributed by atoms with E-state index in [0.717, 1.165) is 20.3 Å². The first-order valence-electron chi connectivity index (χ1n) is 6.33. The number of carbonyl (C=O) groups is 1. The summed E-state index contributed by atoms with van der Waals surface area (Å²) >= 11 is 8.60. The van der Waals surface area contributed by atoms with Crippen LogP contribution >= 0.6 is 43.6 Å². The highest BCUT2D eigenvalue weighted by molar-refractivity contribution is 9.11. The van der Waals surface area contributed by atoms with Crippen LogP contribution in [0.25, 0.3) is 0 Å². The maximum atomic E-state index is 12.6. The van der Waals surface area contributed by atoms with Crippen molar-refractivity contribution in [1.82, 2.24) is 0 Å². The van der Waals surface area contributed by atoms with Crippen molar-refractivity contribution in [1.29, 1.82) is 0 Å². The van der Waals surface area contributed by atoms with Crippen LogP contribution in [-0.4, -0.2) is 11.7 Å². The van der Waals surface area contributed by atoms with E-state index in [1.165, 1.54) is 4.90 Å². The van der Waals surface area contributed by atoms with Crippen molar-refractivity contribution in [2.75, 3.05) is 16.8 Å². The van der Waals surface area contributed by atoms with Crippen LogP contribution in [0.2, 0.25) is 0 Å². The van der Waals surface area contributed by atoms with Crippen LogP contribution in [0.4, 0.5) is 11.4 Å². The molecule has 2 aromatic rings. The molecule has 0 aliphatic carbocycles. The van der Waals surface area contributed by atoms with Gasteiger partial charge in [0.15, 0.2) is 0 Å². The number of rotatable bonds is 2. The summed E-state index contributed by atoms with van der Waals surface area (Å²) < 4.78 is 1.53. The third-order valence-electron chi connectivity index (χ3n) is 3.33. The molecule has 3 N–H and O–H groups in total. The Hall–Kier alpha value is -0.980. The number of thioether (sulfide) groups is 1. The number of nitrogens with two attached hydrogens (primary N) is 1. The van der Waals surface area contributed by atoms with Crippen LogP contribution in [0, 0.1) is 0 Å². The standard InChI is InChI=1S/C15H12Br2N2OS/c16-11-5-8(18)6-12(17)14(11)19-15(20)10-7-21-13-4-2-1-3-9(10)13/h1-6,10H,7,18H2,(H,19,20). The third-order valence-corrected chi connectivity index (χ3v) is 5.76. The number of hydrogen-bond acceptors (Lipinski definition) is 3. The van der Waals surface area contributed by atoms with Crippen LogP contribution in [0.5, 0.6) is 0 Å². The minimum Gasteiger partial charge on any atom is -0.399 e. The van der Waals surface area contributed by atoms with Gasteiger partial charge >= 0.3 is 0 Å². The van der Waals surface area contributed by atoms with Gasteiger partial charge in [-0.1, -0.05) is 18.2 Å². The Morgan fingerprint density at radius 1 is 1.24 bits per heavy atom. The van der Waals surface area contributed by atoms with Crippen LogP contribution in [0.1, 0.15) is 11.5 Å². The van der Waals surface area contributed by atoms with Crippen LogP contribution in [-0.2, 0) is 4.79 Å². The van der Waals surface area contributed by atoms with Gasteiger partial charge in [0.2, 0.25) is 5.91 Å². The highest BCUT2D eigenvalue weighted by Gasteiger charge is 2.29. The van der Waals surface area contributed by atoms with E-state index in [1.807, 2.05) is 18.2 Å². The lowest BCUT2D eigenvalue weighted by Crippen LogP contribution is -2.21. The van der Waals surface area contributed by atoms with Gasteiger partial charge in [0.25, 0.3) is 0 Å². The van der Waals surface area contributed by atoms with E-state index in [0.29, 0.717) is 11.4 Å². The topological polar surface area (TPSA) is 55.1 Å². The smallest absolute Gasteiger partial charge is 0.232 e. The zero-order chi connectivity index (χ0) is 15.0. The molecule has 2 aromatic carbocycles. The predicted molar refractivity (Wildman–Crippen MR) is 94.8 cm³/mol. The highest BCUT2D eigenvalue weighted by Crippen LogP contribution is 2.41. The van der Waals surface area contributed by atoms with Gasteiger partial charge in [-0.05, 0) is 55.6 Å². The minimum atomic E-state index is -0.123. The maximum absolute atomic E-state index is 12.6. The van der Waals surface area contributed by atoms with Gasteiger partial charge in [-0.15, -0.1) is 11.8 Å². The largest absolute Gasteiger partial charge is 0.399 e. The molecular weight excluding hydrogens is 416 g/mol. The fourth-order valence-corrected chi connectivity index (χ4v) is 4.95. The van der Waals surface area contributed by atoms with E-state index in [-0.39, 0.29) is 11.8 Å². The summed E-state index contributed by atoms with van der Waals surface area (Å²) in [5, 5.41) is 2.99. The van der Waals surface area contributed by atoms with Crippen molar-refractivity contribution in [2.45, 2.75) is 10.8 Å². The number of fused-ring (bicyclic) bond motifs is 1. The van der Waals surface area contributed by atoms with Gasteiger partial charge in [-0.3, -0.25) is 4.79 Å². The highest BCUT2D eigenvalue weighted by atomic mass is 79.9. The van der Waals surface area contributed by atoms with Crippen LogP contribution in [0.3, 0.4) is 0 Å². The second kappa shape index (κ2) is 6.02. The fourth-order valence-electron chi connectivity index (χ4n) is 2.30. The molecule has 0 fully saturated rings. The Balaban J connectivity index is 1.86. The average molecular weight is 428 g/mol. The number of benzene rings is 2. The second-order valence-electron chi connectivity index (χ2n) is 4.75. The quantitative estimate of drug-likeness (QED) is 0.687. The molecule has 0 aromatic heterocycles. The Morgan fingerprint density at radius 2 is 1.90 bits per heavy atom. The summed E-state index contributed by atoms with van der Waals surface area (Å²) in [7, 11) is 0. The first kappa shape index (κ1) is 14.9. The first-order chi connectivity index (χ1) is 10.1. The fraction of sp³-hybridized carbons (Fsp3) is 0.133. The number of amides is 1. The van der Waals surface area contributed by atoms with E-state index in [9.17, 15) is 4.79 Å². The number of anilines is 2. The molecule has 3 nitrogen and oxygen atoms in total. The zero-order valence-corrected chi connectivity index (χ0v) is 14.9. The Morgan fingerprint density at radius 3 is 2.62 bits per heavy atom. The minimum absolute atomic E-state index is 0.00128. The molecule has 108 valence electrons. The number of nitrogen functional groups attached to an aromatic ring is 1. The molecule has 1 amide bonds. The van der Waals surface area contributed by atoms with E-state index in [1.54, 1.807) is 23.9 Å². The van der Waals surface area contributed by atoms with Crippen molar-refractivity contribution in [3.63, 3.8) is 0 Å². The molecule has 0 radical (unpaired) electrons. The molecule has 1 heterocycles. The SMILES string of the molecule is Nc1cc(Br)c(NC(=O)C2CSc3ccccc32)c(Br)c1. The number of hydrogen-bond donors (Lipinski definition) is 2. The van der Waals surface area contributed by atoms with Gasteiger partial charge in [0.05, 0.1) is 11.6 Å². The Kier molecular flexibility index (Phi) is 4.28. The summed E-state index contributed by atoms with van der Waals surface area (Å²) in [5.74, 6) is 0.649. The van der Waals surface area contributed by atoms with Crippen molar-refractivity contribution in [2.24, 2.45) is 0 Å². The molecule has 1 aliphatic rings. The van der Waals surface area contributed by atoms with Gasteiger partial charge in [-0.2, -0.15) is 0 Å². The molecule has 21 heavy (non-hydrogen) atoms. The zero-order valence-electron chi connectivity index (χ0n) is 10.9. The lowest BCUT2D eigenvalue weighted by molar-refractivity contribution is -0.117. The molecule has 6 heteroatoms. The van der Waals surface area contributed by atoms with E-state index in [2.05, 4.69) is 43.2 Å². The van der Waals surface area contributed by atoms with Crippen LogP contribution < -0.4 is 11.1 Å². The normalized spacial score (nSPS) is 16.6. The molecule has 0 saturated carbocycles. The third kappa shape index (κ3) is 2.98. The maximum Gasteiger partial charge on any atom is 0.232 e. The van der Waals surface area contributed by atoms with E-state index in [4.69, 9.17) is 5.73 Å². The number of nitrogens with one attached hydrogen (secondary N) is 1. The summed E-state index contributed by atoms with van der Waals surface area (Å²) in [6.45, 7) is 0. The molecular formula is C15H12Br2N2OS. The molecule has 0 saturated heterocycles.